The minimum Gasteiger partial charge on any atom is -0.497 e. The first-order chi connectivity index (χ1) is 10.6. The first kappa shape index (κ1) is 15.7. The number of carbonyl (C=O) groups is 1. The second-order valence-corrected chi connectivity index (χ2v) is 4.55. The summed E-state index contributed by atoms with van der Waals surface area (Å²) in [6.07, 6.45) is 1.28. The van der Waals surface area contributed by atoms with Gasteiger partial charge in [-0.1, -0.05) is 18.2 Å². The van der Waals surface area contributed by atoms with E-state index in [-0.39, 0.29) is 5.56 Å². The van der Waals surface area contributed by atoms with E-state index in [9.17, 15) is 13.6 Å². The monoisotopic (exact) mass is 303 g/mol. The van der Waals surface area contributed by atoms with Crippen LogP contribution in [0.4, 0.5) is 8.78 Å². The van der Waals surface area contributed by atoms with E-state index in [0.717, 1.165) is 12.1 Å². The van der Waals surface area contributed by atoms with Gasteiger partial charge in [0.05, 0.1) is 13.2 Å². The fourth-order valence-electron chi connectivity index (χ4n) is 2.05. The van der Waals surface area contributed by atoms with Crippen molar-refractivity contribution in [1.29, 1.82) is 0 Å². The van der Waals surface area contributed by atoms with E-state index in [4.69, 9.17) is 4.74 Å². The molecule has 1 atom stereocenters. The van der Waals surface area contributed by atoms with E-state index in [2.05, 4.69) is 11.9 Å². The summed E-state index contributed by atoms with van der Waals surface area (Å²) in [7, 11) is 1.48. The highest BCUT2D eigenvalue weighted by Gasteiger charge is 2.20. The predicted octanol–water partition coefficient (Wildman–Crippen LogP) is 3.63. The lowest BCUT2D eigenvalue weighted by Gasteiger charge is -2.17. The Kier molecular flexibility index (Phi) is 4.88. The summed E-state index contributed by atoms with van der Waals surface area (Å²) in [5, 5.41) is 2.54. The van der Waals surface area contributed by atoms with Crippen molar-refractivity contribution in [3.05, 3.63) is 77.9 Å². The van der Waals surface area contributed by atoms with E-state index >= 15 is 0 Å². The molecule has 1 unspecified atom stereocenters. The van der Waals surface area contributed by atoms with Crippen LogP contribution in [0, 0.1) is 11.6 Å². The largest absolute Gasteiger partial charge is 0.497 e. The summed E-state index contributed by atoms with van der Waals surface area (Å²) in [4.78, 5) is 12.2. The van der Waals surface area contributed by atoms with Gasteiger partial charge >= 0.3 is 0 Å². The van der Waals surface area contributed by atoms with Crippen molar-refractivity contribution in [2.24, 2.45) is 0 Å². The molecule has 1 N–H and O–H groups in total. The van der Waals surface area contributed by atoms with Crippen molar-refractivity contribution in [1.82, 2.24) is 5.32 Å². The minimum atomic E-state index is -0.972. The minimum absolute atomic E-state index is 0.242. The first-order valence-corrected chi connectivity index (χ1v) is 6.58. The number of carbonyl (C=O) groups excluding carboxylic acids is 1. The number of rotatable bonds is 5. The van der Waals surface area contributed by atoms with Crippen molar-refractivity contribution in [2.75, 3.05) is 7.11 Å². The average Bonchev–Trinajstić information content (AvgIpc) is 2.53. The molecule has 2 aromatic rings. The van der Waals surface area contributed by atoms with Crippen LogP contribution in [0.1, 0.15) is 22.0 Å². The van der Waals surface area contributed by atoms with Crippen LogP contribution in [0.25, 0.3) is 0 Å². The highest BCUT2D eigenvalue weighted by Crippen LogP contribution is 2.22. The Balaban J connectivity index is 2.26. The molecule has 0 aliphatic carbocycles. The van der Waals surface area contributed by atoms with Crippen molar-refractivity contribution < 1.29 is 18.3 Å². The Morgan fingerprint density at radius 3 is 2.45 bits per heavy atom. The van der Waals surface area contributed by atoms with E-state index in [1.165, 1.54) is 25.3 Å². The van der Waals surface area contributed by atoms with Gasteiger partial charge in [-0.25, -0.2) is 8.78 Å². The molecule has 0 bridgehead atoms. The van der Waals surface area contributed by atoms with E-state index in [1.54, 1.807) is 18.2 Å². The standard InChI is InChI=1S/C17H15F2NO2/c1-3-15(16-13(18)8-5-9-14(16)19)20-17(21)11-6-4-7-12(10-11)22-2/h3-10,15H,1H2,2H3,(H,20,21). The zero-order valence-corrected chi connectivity index (χ0v) is 12.0. The number of nitrogens with one attached hydrogen (secondary N) is 1. The molecule has 5 heteroatoms. The Morgan fingerprint density at radius 2 is 1.86 bits per heavy atom. The van der Waals surface area contributed by atoms with Gasteiger partial charge in [0, 0.05) is 11.1 Å². The van der Waals surface area contributed by atoms with Gasteiger partial charge in [-0.05, 0) is 30.3 Å². The molecule has 3 nitrogen and oxygen atoms in total. The molecule has 0 aliphatic heterocycles. The number of hydrogen-bond donors (Lipinski definition) is 1. The first-order valence-electron chi connectivity index (χ1n) is 6.58. The highest BCUT2D eigenvalue weighted by atomic mass is 19.1. The van der Waals surface area contributed by atoms with Gasteiger partial charge in [-0.3, -0.25) is 4.79 Å². The Bertz CT molecular complexity index is 681. The molecule has 1 amide bonds. The molecule has 0 fully saturated rings. The number of halogens is 2. The van der Waals surface area contributed by atoms with Gasteiger partial charge in [-0.2, -0.15) is 0 Å². The molecule has 114 valence electrons. The van der Waals surface area contributed by atoms with Crippen LogP contribution in [-0.2, 0) is 0 Å². The second-order valence-electron chi connectivity index (χ2n) is 4.55. The third-order valence-corrected chi connectivity index (χ3v) is 3.16. The van der Waals surface area contributed by atoms with E-state index < -0.39 is 23.6 Å². The number of benzene rings is 2. The summed E-state index contributed by atoms with van der Waals surface area (Å²) >= 11 is 0. The molecule has 0 heterocycles. The molecule has 22 heavy (non-hydrogen) atoms. The lowest BCUT2D eigenvalue weighted by atomic mass is 10.0. The predicted molar refractivity (Wildman–Crippen MR) is 79.8 cm³/mol. The van der Waals surface area contributed by atoms with Gasteiger partial charge in [0.25, 0.3) is 5.91 Å². The van der Waals surface area contributed by atoms with Crippen molar-refractivity contribution in [3.8, 4) is 5.75 Å². The zero-order chi connectivity index (χ0) is 16.1. The molecule has 2 aromatic carbocycles. The number of hydrogen-bond acceptors (Lipinski definition) is 2. The quantitative estimate of drug-likeness (QED) is 0.857. The van der Waals surface area contributed by atoms with Crippen LogP contribution in [0.2, 0.25) is 0 Å². The Morgan fingerprint density at radius 1 is 1.23 bits per heavy atom. The number of methoxy groups -OCH3 is 1. The van der Waals surface area contributed by atoms with Gasteiger partial charge in [-0.15, -0.1) is 6.58 Å². The summed E-state index contributed by atoms with van der Waals surface area (Å²) < 4.78 is 32.6. The maximum absolute atomic E-state index is 13.8. The normalized spacial score (nSPS) is 11.6. The van der Waals surface area contributed by atoms with E-state index in [1.807, 2.05) is 0 Å². The molecule has 0 radical (unpaired) electrons. The van der Waals surface area contributed by atoms with Crippen LogP contribution in [0.3, 0.4) is 0 Å². The van der Waals surface area contributed by atoms with Crippen molar-refractivity contribution >= 4 is 5.91 Å². The Labute approximate surface area is 127 Å². The van der Waals surface area contributed by atoms with Crippen LogP contribution in [-0.4, -0.2) is 13.0 Å². The molecule has 0 saturated carbocycles. The van der Waals surface area contributed by atoms with Crippen molar-refractivity contribution in [2.45, 2.75) is 6.04 Å². The second kappa shape index (κ2) is 6.85. The van der Waals surface area contributed by atoms with Crippen molar-refractivity contribution in [3.63, 3.8) is 0 Å². The molecular weight excluding hydrogens is 288 g/mol. The molecule has 0 aliphatic rings. The molecule has 0 saturated heterocycles. The Hall–Kier alpha value is -2.69. The fourth-order valence-corrected chi connectivity index (χ4v) is 2.05. The maximum Gasteiger partial charge on any atom is 0.252 e. The van der Waals surface area contributed by atoms with Crippen LogP contribution < -0.4 is 10.1 Å². The highest BCUT2D eigenvalue weighted by molar-refractivity contribution is 5.95. The third-order valence-electron chi connectivity index (χ3n) is 3.16. The van der Waals surface area contributed by atoms with Gasteiger partial charge < -0.3 is 10.1 Å². The summed E-state index contributed by atoms with van der Waals surface area (Å²) in [6, 6.07) is 9.01. The number of amides is 1. The third kappa shape index (κ3) is 3.31. The zero-order valence-electron chi connectivity index (χ0n) is 12.0. The van der Waals surface area contributed by atoms with E-state index in [0.29, 0.717) is 11.3 Å². The smallest absolute Gasteiger partial charge is 0.252 e. The van der Waals surface area contributed by atoms with Crippen LogP contribution in [0.15, 0.2) is 55.1 Å². The SMILES string of the molecule is C=CC(NC(=O)c1cccc(OC)c1)c1c(F)cccc1F. The lowest BCUT2D eigenvalue weighted by molar-refractivity contribution is 0.0943. The lowest BCUT2D eigenvalue weighted by Crippen LogP contribution is -2.28. The summed E-state index contributed by atoms with van der Waals surface area (Å²) in [6.45, 7) is 3.53. The average molecular weight is 303 g/mol. The van der Waals surface area contributed by atoms with Gasteiger partial charge in [0.2, 0.25) is 0 Å². The summed E-state index contributed by atoms with van der Waals surface area (Å²) in [5.74, 6) is -1.45. The maximum atomic E-state index is 13.8. The van der Waals surface area contributed by atoms with Crippen LogP contribution in [0.5, 0.6) is 5.75 Å². The fraction of sp³-hybridized carbons (Fsp3) is 0.118. The molecular formula is C17H15F2NO2. The molecule has 0 spiro atoms. The molecule has 2 rings (SSSR count). The topological polar surface area (TPSA) is 38.3 Å². The van der Waals surface area contributed by atoms with Crippen LogP contribution >= 0.6 is 0 Å². The molecule has 0 aromatic heterocycles. The van der Waals surface area contributed by atoms with Gasteiger partial charge in [0.1, 0.15) is 17.4 Å². The summed E-state index contributed by atoms with van der Waals surface area (Å²) in [5.41, 5.74) is 0.0803. The van der Waals surface area contributed by atoms with Gasteiger partial charge in [0.15, 0.2) is 0 Å². The number of ether oxygens (including phenoxy) is 1.